The van der Waals surface area contributed by atoms with E-state index in [1.54, 1.807) is 0 Å². The highest BCUT2D eigenvalue weighted by molar-refractivity contribution is 4.65. The van der Waals surface area contributed by atoms with E-state index in [0.29, 0.717) is 0 Å². The first kappa shape index (κ1) is 11.7. The maximum Gasteiger partial charge on any atom is 0.0466 e. The summed E-state index contributed by atoms with van der Waals surface area (Å²) in [5, 5.41) is 8.47. The van der Waals surface area contributed by atoms with Gasteiger partial charge in [0.1, 0.15) is 0 Å². The second-order valence-corrected chi connectivity index (χ2v) is 2.83. The fourth-order valence-electron chi connectivity index (χ4n) is 0.911. The molecule has 0 aliphatic carbocycles. The topological polar surface area (TPSA) is 29.5 Å². The van der Waals surface area contributed by atoms with E-state index in [1.165, 1.54) is 6.42 Å². The highest BCUT2D eigenvalue weighted by Crippen LogP contribution is 1.97. The molecule has 0 fully saturated rings. The molecule has 0 atom stereocenters. The lowest BCUT2D eigenvalue weighted by atomic mass is 10.2. The standard InChI is InChI=1S/C10H20O2/c1-2-3-4-6-9-12-10-7-5-8-11/h2,11H,1,3-10H2. The van der Waals surface area contributed by atoms with Crippen molar-refractivity contribution in [3.63, 3.8) is 0 Å². The zero-order chi connectivity index (χ0) is 9.07. The minimum absolute atomic E-state index is 0.278. The van der Waals surface area contributed by atoms with Gasteiger partial charge >= 0.3 is 0 Å². The number of aliphatic hydroxyl groups is 1. The van der Waals surface area contributed by atoms with Crippen molar-refractivity contribution in [2.45, 2.75) is 32.1 Å². The lowest BCUT2D eigenvalue weighted by Gasteiger charge is -2.01. The van der Waals surface area contributed by atoms with Gasteiger partial charge in [-0.05, 0) is 32.1 Å². The zero-order valence-corrected chi connectivity index (χ0v) is 7.80. The highest BCUT2D eigenvalue weighted by Gasteiger charge is 1.88. The van der Waals surface area contributed by atoms with Gasteiger partial charge < -0.3 is 9.84 Å². The van der Waals surface area contributed by atoms with Gasteiger partial charge in [-0.3, -0.25) is 0 Å². The Morgan fingerprint density at radius 1 is 1.08 bits per heavy atom. The Morgan fingerprint density at radius 2 is 1.75 bits per heavy atom. The van der Waals surface area contributed by atoms with Crippen LogP contribution >= 0.6 is 0 Å². The van der Waals surface area contributed by atoms with Gasteiger partial charge in [-0.25, -0.2) is 0 Å². The van der Waals surface area contributed by atoms with E-state index in [9.17, 15) is 0 Å². The summed E-state index contributed by atoms with van der Waals surface area (Å²) < 4.78 is 5.34. The van der Waals surface area contributed by atoms with Gasteiger partial charge in [-0.15, -0.1) is 6.58 Å². The van der Waals surface area contributed by atoms with E-state index < -0.39 is 0 Å². The molecule has 0 aliphatic heterocycles. The second-order valence-electron chi connectivity index (χ2n) is 2.83. The van der Waals surface area contributed by atoms with Crippen molar-refractivity contribution < 1.29 is 9.84 Å². The van der Waals surface area contributed by atoms with E-state index in [4.69, 9.17) is 9.84 Å². The average molecular weight is 172 g/mol. The van der Waals surface area contributed by atoms with Crippen LogP contribution in [0.1, 0.15) is 32.1 Å². The van der Waals surface area contributed by atoms with E-state index in [2.05, 4.69) is 6.58 Å². The largest absolute Gasteiger partial charge is 0.396 e. The Morgan fingerprint density at radius 3 is 2.33 bits per heavy atom. The normalized spacial score (nSPS) is 10.1. The zero-order valence-electron chi connectivity index (χ0n) is 7.80. The summed E-state index contributed by atoms with van der Waals surface area (Å²) in [6, 6.07) is 0. The third-order valence-electron chi connectivity index (χ3n) is 1.64. The first-order valence-electron chi connectivity index (χ1n) is 4.71. The summed E-state index contributed by atoms with van der Waals surface area (Å²) >= 11 is 0. The molecule has 1 N–H and O–H groups in total. The molecule has 72 valence electrons. The summed E-state index contributed by atoms with van der Waals surface area (Å²) in [5.74, 6) is 0. The Balaban J connectivity index is 2.77. The molecular weight excluding hydrogens is 152 g/mol. The monoisotopic (exact) mass is 172 g/mol. The molecule has 0 amide bonds. The van der Waals surface area contributed by atoms with Crippen LogP contribution in [0.4, 0.5) is 0 Å². The smallest absolute Gasteiger partial charge is 0.0466 e. The maximum absolute atomic E-state index is 8.47. The van der Waals surface area contributed by atoms with Crippen LogP contribution < -0.4 is 0 Å². The molecule has 0 unspecified atom stereocenters. The number of ether oxygens (including phenoxy) is 1. The third kappa shape index (κ3) is 9.66. The predicted molar refractivity (Wildman–Crippen MR) is 51.2 cm³/mol. The summed E-state index contributed by atoms with van der Waals surface area (Å²) in [5.41, 5.74) is 0. The number of unbranched alkanes of at least 4 members (excludes halogenated alkanes) is 3. The van der Waals surface area contributed by atoms with Crippen molar-refractivity contribution in [3.8, 4) is 0 Å². The highest BCUT2D eigenvalue weighted by atomic mass is 16.5. The molecule has 0 aromatic heterocycles. The maximum atomic E-state index is 8.47. The Hall–Kier alpha value is -0.340. The minimum atomic E-state index is 0.278. The van der Waals surface area contributed by atoms with Gasteiger partial charge in [0.2, 0.25) is 0 Å². The van der Waals surface area contributed by atoms with Gasteiger partial charge in [-0.2, -0.15) is 0 Å². The molecule has 2 nitrogen and oxygen atoms in total. The summed E-state index contributed by atoms with van der Waals surface area (Å²) in [7, 11) is 0. The fourth-order valence-corrected chi connectivity index (χ4v) is 0.911. The third-order valence-corrected chi connectivity index (χ3v) is 1.64. The first-order chi connectivity index (χ1) is 5.91. The van der Waals surface area contributed by atoms with E-state index in [-0.39, 0.29) is 6.61 Å². The van der Waals surface area contributed by atoms with Gasteiger partial charge in [0.25, 0.3) is 0 Å². The minimum Gasteiger partial charge on any atom is -0.396 e. The number of allylic oxidation sites excluding steroid dienone is 1. The number of aliphatic hydroxyl groups excluding tert-OH is 1. The molecule has 0 aliphatic rings. The van der Waals surface area contributed by atoms with Crippen LogP contribution in [0.15, 0.2) is 12.7 Å². The first-order valence-corrected chi connectivity index (χ1v) is 4.71. The van der Waals surface area contributed by atoms with Gasteiger partial charge in [0.15, 0.2) is 0 Å². The molecule has 0 bridgehead atoms. The molecule has 0 aromatic carbocycles. The fraction of sp³-hybridized carbons (Fsp3) is 0.800. The van der Waals surface area contributed by atoms with Crippen molar-refractivity contribution >= 4 is 0 Å². The Labute approximate surface area is 75.2 Å². The molecule has 0 heterocycles. The van der Waals surface area contributed by atoms with Crippen molar-refractivity contribution in [2.24, 2.45) is 0 Å². The van der Waals surface area contributed by atoms with Crippen molar-refractivity contribution in [1.29, 1.82) is 0 Å². The Bertz CT molecular complexity index is 91.8. The predicted octanol–water partition coefficient (Wildman–Crippen LogP) is 2.13. The molecule has 0 saturated carbocycles. The van der Waals surface area contributed by atoms with Crippen LogP contribution in [0.25, 0.3) is 0 Å². The second kappa shape index (κ2) is 10.7. The molecule has 0 rings (SSSR count). The van der Waals surface area contributed by atoms with Gasteiger partial charge in [0.05, 0.1) is 0 Å². The molecule has 2 heteroatoms. The van der Waals surface area contributed by atoms with Crippen LogP contribution in [-0.4, -0.2) is 24.9 Å². The molecule has 12 heavy (non-hydrogen) atoms. The van der Waals surface area contributed by atoms with Crippen LogP contribution in [0.5, 0.6) is 0 Å². The molecule has 0 radical (unpaired) electrons. The van der Waals surface area contributed by atoms with Crippen molar-refractivity contribution in [2.75, 3.05) is 19.8 Å². The Kier molecular flexibility index (Phi) is 10.4. The lowest BCUT2D eigenvalue weighted by molar-refractivity contribution is 0.122. The van der Waals surface area contributed by atoms with Crippen LogP contribution in [0.2, 0.25) is 0 Å². The summed E-state index contributed by atoms with van der Waals surface area (Å²) in [4.78, 5) is 0. The van der Waals surface area contributed by atoms with Crippen molar-refractivity contribution in [1.82, 2.24) is 0 Å². The lowest BCUT2D eigenvalue weighted by Crippen LogP contribution is -1.97. The van der Waals surface area contributed by atoms with E-state index in [1.807, 2.05) is 6.08 Å². The van der Waals surface area contributed by atoms with E-state index in [0.717, 1.165) is 38.9 Å². The quantitative estimate of drug-likeness (QED) is 0.426. The van der Waals surface area contributed by atoms with E-state index >= 15 is 0 Å². The molecule has 0 aromatic rings. The number of rotatable bonds is 9. The van der Waals surface area contributed by atoms with Crippen LogP contribution in [0.3, 0.4) is 0 Å². The van der Waals surface area contributed by atoms with Crippen LogP contribution in [0, 0.1) is 0 Å². The number of hydrogen-bond acceptors (Lipinski definition) is 2. The average Bonchev–Trinajstić information content (AvgIpc) is 2.10. The SMILES string of the molecule is C=CCCCCOCCCCO. The summed E-state index contributed by atoms with van der Waals surface area (Å²) in [6.45, 7) is 5.56. The summed E-state index contributed by atoms with van der Waals surface area (Å²) in [6.07, 6.45) is 7.13. The van der Waals surface area contributed by atoms with Crippen molar-refractivity contribution in [3.05, 3.63) is 12.7 Å². The molecular formula is C10H20O2. The molecule has 0 saturated heterocycles. The number of hydrogen-bond donors (Lipinski definition) is 1. The van der Waals surface area contributed by atoms with Gasteiger partial charge in [0, 0.05) is 19.8 Å². The molecule has 0 spiro atoms. The van der Waals surface area contributed by atoms with Crippen LogP contribution in [-0.2, 0) is 4.74 Å². The van der Waals surface area contributed by atoms with Gasteiger partial charge in [-0.1, -0.05) is 6.08 Å².